The standard InChI is InChI=1S/C15H16FNO2/c1-10(17)14-7-4-12(16)8-15(14)19-9-11-2-5-13(18)6-3-11/h2-8,10,18H,9,17H2,1H3/t10-/m1/s1. The SMILES string of the molecule is C[C@@H](N)c1ccc(F)cc1OCc1ccc(O)cc1. The molecule has 0 radical (unpaired) electrons. The van der Waals surface area contributed by atoms with E-state index in [0.717, 1.165) is 11.1 Å². The summed E-state index contributed by atoms with van der Waals surface area (Å²) in [4.78, 5) is 0. The molecule has 0 aliphatic heterocycles. The van der Waals surface area contributed by atoms with Gasteiger partial charge in [0.15, 0.2) is 0 Å². The molecule has 0 aliphatic rings. The van der Waals surface area contributed by atoms with E-state index >= 15 is 0 Å². The van der Waals surface area contributed by atoms with E-state index in [1.165, 1.54) is 12.1 Å². The molecule has 2 aromatic carbocycles. The van der Waals surface area contributed by atoms with Gasteiger partial charge in [-0.3, -0.25) is 0 Å². The molecule has 0 bridgehead atoms. The Labute approximate surface area is 111 Å². The van der Waals surface area contributed by atoms with Crippen molar-refractivity contribution in [2.24, 2.45) is 5.73 Å². The molecule has 100 valence electrons. The van der Waals surface area contributed by atoms with Crippen LogP contribution in [0.5, 0.6) is 11.5 Å². The fraction of sp³-hybridized carbons (Fsp3) is 0.200. The van der Waals surface area contributed by atoms with Crippen LogP contribution in [0.3, 0.4) is 0 Å². The molecule has 1 atom stereocenters. The average Bonchev–Trinajstić information content (AvgIpc) is 2.38. The van der Waals surface area contributed by atoms with Crippen LogP contribution in [0.25, 0.3) is 0 Å². The van der Waals surface area contributed by atoms with Crippen LogP contribution >= 0.6 is 0 Å². The van der Waals surface area contributed by atoms with Gasteiger partial charge >= 0.3 is 0 Å². The third-order valence-electron chi connectivity index (χ3n) is 2.80. The Morgan fingerprint density at radius 1 is 1.21 bits per heavy atom. The van der Waals surface area contributed by atoms with E-state index in [-0.39, 0.29) is 17.6 Å². The molecule has 3 N–H and O–H groups in total. The lowest BCUT2D eigenvalue weighted by Crippen LogP contribution is -2.08. The summed E-state index contributed by atoms with van der Waals surface area (Å²) >= 11 is 0. The molecule has 0 fully saturated rings. The zero-order valence-electron chi connectivity index (χ0n) is 10.6. The van der Waals surface area contributed by atoms with Gasteiger partial charge in [-0.15, -0.1) is 0 Å². The maximum atomic E-state index is 13.2. The van der Waals surface area contributed by atoms with Crippen LogP contribution < -0.4 is 10.5 Å². The number of nitrogens with two attached hydrogens (primary N) is 1. The van der Waals surface area contributed by atoms with Crippen molar-refractivity contribution in [2.45, 2.75) is 19.6 Å². The molecule has 0 heterocycles. The minimum absolute atomic E-state index is 0.200. The van der Waals surface area contributed by atoms with Crippen molar-refractivity contribution in [2.75, 3.05) is 0 Å². The summed E-state index contributed by atoms with van der Waals surface area (Å²) in [6.07, 6.45) is 0. The molecule has 0 aliphatic carbocycles. The highest BCUT2D eigenvalue weighted by Crippen LogP contribution is 2.25. The predicted octanol–water partition coefficient (Wildman–Crippen LogP) is 3.13. The van der Waals surface area contributed by atoms with Gasteiger partial charge < -0.3 is 15.6 Å². The van der Waals surface area contributed by atoms with E-state index in [9.17, 15) is 9.50 Å². The van der Waals surface area contributed by atoms with Crippen LogP contribution in [0.4, 0.5) is 4.39 Å². The first-order valence-corrected chi connectivity index (χ1v) is 6.02. The van der Waals surface area contributed by atoms with Crippen molar-refractivity contribution in [3.05, 3.63) is 59.4 Å². The normalized spacial score (nSPS) is 12.2. The summed E-state index contributed by atoms with van der Waals surface area (Å²) in [7, 11) is 0. The monoisotopic (exact) mass is 261 g/mol. The number of ether oxygens (including phenoxy) is 1. The molecule has 0 amide bonds. The van der Waals surface area contributed by atoms with E-state index in [2.05, 4.69) is 0 Å². The summed E-state index contributed by atoms with van der Waals surface area (Å²) in [5.74, 6) is 0.291. The summed E-state index contributed by atoms with van der Waals surface area (Å²) in [5.41, 5.74) is 7.47. The molecule has 0 unspecified atom stereocenters. The number of rotatable bonds is 4. The summed E-state index contributed by atoms with van der Waals surface area (Å²) in [5, 5.41) is 9.19. The summed E-state index contributed by atoms with van der Waals surface area (Å²) < 4.78 is 18.8. The van der Waals surface area contributed by atoms with Gasteiger partial charge in [0.1, 0.15) is 23.9 Å². The maximum Gasteiger partial charge on any atom is 0.127 e. The molecule has 0 saturated carbocycles. The first kappa shape index (κ1) is 13.4. The van der Waals surface area contributed by atoms with E-state index in [1.807, 2.05) is 6.92 Å². The highest BCUT2D eigenvalue weighted by atomic mass is 19.1. The van der Waals surface area contributed by atoms with Crippen molar-refractivity contribution in [3.63, 3.8) is 0 Å². The van der Waals surface area contributed by atoms with Gasteiger partial charge in [0.05, 0.1) is 0 Å². The molecule has 19 heavy (non-hydrogen) atoms. The van der Waals surface area contributed by atoms with Gasteiger partial charge in [-0.2, -0.15) is 0 Å². The van der Waals surface area contributed by atoms with E-state index in [1.54, 1.807) is 30.3 Å². The highest BCUT2D eigenvalue weighted by Gasteiger charge is 2.09. The maximum absolute atomic E-state index is 13.2. The van der Waals surface area contributed by atoms with Gasteiger partial charge in [0.2, 0.25) is 0 Å². The molecule has 0 spiro atoms. The Morgan fingerprint density at radius 3 is 2.53 bits per heavy atom. The zero-order chi connectivity index (χ0) is 13.8. The van der Waals surface area contributed by atoms with Gasteiger partial charge in [-0.25, -0.2) is 4.39 Å². The molecule has 0 saturated heterocycles. The highest BCUT2D eigenvalue weighted by molar-refractivity contribution is 5.36. The van der Waals surface area contributed by atoms with Crippen molar-refractivity contribution in [1.82, 2.24) is 0 Å². The second-order valence-electron chi connectivity index (χ2n) is 4.43. The molecule has 2 rings (SSSR count). The van der Waals surface area contributed by atoms with Gasteiger partial charge in [-0.1, -0.05) is 18.2 Å². The van der Waals surface area contributed by atoms with E-state index < -0.39 is 0 Å². The minimum Gasteiger partial charge on any atom is -0.508 e. The largest absolute Gasteiger partial charge is 0.508 e. The van der Waals surface area contributed by atoms with Crippen molar-refractivity contribution in [3.8, 4) is 11.5 Å². The van der Waals surface area contributed by atoms with Crippen molar-refractivity contribution in [1.29, 1.82) is 0 Å². The number of hydrogen-bond acceptors (Lipinski definition) is 3. The van der Waals surface area contributed by atoms with Crippen molar-refractivity contribution >= 4 is 0 Å². The number of hydrogen-bond donors (Lipinski definition) is 2. The van der Waals surface area contributed by atoms with Gasteiger partial charge in [0, 0.05) is 17.7 Å². The van der Waals surface area contributed by atoms with Crippen LogP contribution in [-0.2, 0) is 6.61 Å². The molecule has 4 heteroatoms. The first-order chi connectivity index (χ1) is 9.06. The summed E-state index contributed by atoms with van der Waals surface area (Å²) in [6.45, 7) is 2.12. The smallest absolute Gasteiger partial charge is 0.127 e. The van der Waals surface area contributed by atoms with E-state index in [0.29, 0.717) is 12.4 Å². The predicted molar refractivity (Wildman–Crippen MR) is 71.4 cm³/mol. The quantitative estimate of drug-likeness (QED) is 0.889. The molecule has 3 nitrogen and oxygen atoms in total. The molecule has 0 aromatic heterocycles. The number of phenolic OH excluding ortho intramolecular Hbond substituents is 1. The molecular formula is C15H16FNO2. The van der Waals surface area contributed by atoms with Crippen LogP contribution in [0.2, 0.25) is 0 Å². The van der Waals surface area contributed by atoms with Crippen LogP contribution in [-0.4, -0.2) is 5.11 Å². The Hall–Kier alpha value is -2.07. The Kier molecular flexibility index (Phi) is 4.02. The Balaban J connectivity index is 2.14. The Bertz CT molecular complexity index is 553. The third-order valence-corrected chi connectivity index (χ3v) is 2.80. The first-order valence-electron chi connectivity index (χ1n) is 6.02. The fourth-order valence-electron chi connectivity index (χ4n) is 1.76. The lowest BCUT2D eigenvalue weighted by molar-refractivity contribution is 0.299. The third kappa shape index (κ3) is 3.45. The molecule has 2 aromatic rings. The van der Waals surface area contributed by atoms with Gasteiger partial charge in [0.25, 0.3) is 0 Å². The number of benzene rings is 2. The average molecular weight is 261 g/mol. The lowest BCUT2D eigenvalue weighted by Gasteiger charge is -2.14. The second-order valence-corrected chi connectivity index (χ2v) is 4.43. The second kappa shape index (κ2) is 5.71. The number of aromatic hydroxyl groups is 1. The number of halogens is 1. The van der Waals surface area contributed by atoms with Crippen LogP contribution in [0.1, 0.15) is 24.1 Å². The summed E-state index contributed by atoms with van der Waals surface area (Å²) in [6, 6.07) is 10.8. The van der Waals surface area contributed by atoms with Crippen LogP contribution in [0, 0.1) is 5.82 Å². The molecular weight excluding hydrogens is 245 g/mol. The van der Waals surface area contributed by atoms with Crippen LogP contribution in [0.15, 0.2) is 42.5 Å². The fourth-order valence-corrected chi connectivity index (χ4v) is 1.76. The topological polar surface area (TPSA) is 55.5 Å². The van der Waals surface area contributed by atoms with Gasteiger partial charge in [-0.05, 0) is 30.7 Å². The van der Waals surface area contributed by atoms with Crippen molar-refractivity contribution < 1.29 is 14.2 Å². The minimum atomic E-state index is -0.356. The number of phenols is 1. The Morgan fingerprint density at radius 2 is 1.89 bits per heavy atom. The zero-order valence-corrected chi connectivity index (χ0v) is 10.6. The van der Waals surface area contributed by atoms with E-state index in [4.69, 9.17) is 10.5 Å². The lowest BCUT2D eigenvalue weighted by atomic mass is 10.1.